The van der Waals surface area contributed by atoms with Crippen LogP contribution in [0.1, 0.15) is 45.4 Å². The number of rotatable bonds is 8. The summed E-state index contributed by atoms with van der Waals surface area (Å²) in [5, 5.41) is 7.92. The van der Waals surface area contributed by atoms with Gasteiger partial charge in [0.25, 0.3) is 0 Å². The van der Waals surface area contributed by atoms with E-state index in [0.29, 0.717) is 39.1 Å². The Labute approximate surface area is 183 Å². The predicted molar refractivity (Wildman–Crippen MR) is 114 cm³/mol. The van der Waals surface area contributed by atoms with Gasteiger partial charge in [-0.2, -0.15) is 0 Å². The molecule has 2 saturated heterocycles. The van der Waals surface area contributed by atoms with Crippen LogP contribution in [0.2, 0.25) is 0 Å². The quantitative estimate of drug-likeness (QED) is 0.460. The Morgan fingerprint density at radius 2 is 1.45 bits per heavy atom. The van der Waals surface area contributed by atoms with Crippen LogP contribution in [0.4, 0.5) is 0 Å². The van der Waals surface area contributed by atoms with Gasteiger partial charge < -0.3 is 25.8 Å². The topological polar surface area (TPSA) is 128 Å². The van der Waals surface area contributed by atoms with E-state index in [-0.39, 0.29) is 60.8 Å². The molecule has 0 radical (unpaired) electrons. The lowest BCUT2D eigenvalue weighted by Crippen LogP contribution is -2.51. The van der Waals surface area contributed by atoms with Crippen LogP contribution in [0, 0.1) is 11.8 Å². The number of piperidine rings is 2. The van der Waals surface area contributed by atoms with Gasteiger partial charge >= 0.3 is 0 Å². The summed E-state index contributed by atoms with van der Waals surface area (Å²) in [7, 11) is 1.55. The van der Waals surface area contributed by atoms with Crippen molar-refractivity contribution in [3.8, 4) is 0 Å². The Morgan fingerprint density at radius 1 is 0.839 bits per heavy atom. The molecule has 2 rings (SSSR count). The number of carbonyl (C=O) groups excluding carboxylic acids is 5. The smallest absolute Gasteiger partial charge is 0.227 e. The zero-order valence-electron chi connectivity index (χ0n) is 18.6. The number of amides is 5. The van der Waals surface area contributed by atoms with Crippen LogP contribution in [0.25, 0.3) is 0 Å². The van der Waals surface area contributed by atoms with Gasteiger partial charge in [-0.25, -0.2) is 0 Å². The number of nitrogens with zero attached hydrogens (tertiary/aromatic N) is 2. The summed E-state index contributed by atoms with van der Waals surface area (Å²) in [4.78, 5) is 63.6. The van der Waals surface area contributed by atoms with E-state index >= 15 is 0 Å². The first kappa shape index (κ1) is 24.6. The van der Waals surface area contributed by atoms with E-state index in [2.05, 4.69) is 16.0 Å². The van der Waals surface area contributed by atoms with Crippen LogP contribution in [0.3, 0.4) is 0 Å². The Balaban J connectivity index is 1.83. The summed E-state index contributed by atoms with van der Waals surface area (Å²) in [5.41, 5.74) is 0. The minimum atomic E-state index is -0.277. The SMILES string of the molecule is CNC(=O)CCNC(=O)[C@H]1CCCN(C(=O)[C@@H]2CCCN(C(=O)CCNC(C)=O)C2)C1. The van der Waals surface area contributed by atoms with Gasteiger partial charge in [0.1, 0.15) is 0 Å². The summed E-state index contributed by atoms with van der Waals surface area (Å²) in [6.45, 7) is 3.99. The molecule has 2 fully saturated rings. The predicted octanol–water partition coefficient (Wildman–Crippen LogP) is -0.758. The highest BCUT2D eigenvalue weighted by Gasteiger charge is 2.34. The first-order chi connectivity index (χ1) is 14.8. The van der Waals surface area contributed by atoms with Gasteiger partial charge in [-0.15, -0.1) is 0 Å². The van der Waals surface area contributed by atoms with Gasteiger partial charge in [-0.3, -0.25) is 24.0 Å². The van der Waals surface area contributed by atoms with Crippen molar-refractivity contribution in [1.82, 2.24) is 25.8 Å². The zero-order chi connectivity index (χ0) is 22.8. The molecule has 0 spiro atoms. The van der Waals surface area contributed by atoms with Crippen molar-refractivity contribution in [3.63, 3.8) is 0 Å². The van der Waals surface area contributed by atoms with Gasteiger partial charge in [0.15, 0.2) is 0 Å². The molecule has 2 atom stereocenters. The normalized spacial score (nSPS) is 21.2. The van der Waals surface area contributed by atoms with Crippen LogP contribution in [-0.2, 0) is 24.0 Å². The maximum Gasteiger partial charge on any atom is 0.227 e. The van der Waals surface area contributed by atoms with Gasteiger partial charge in [0.05, 0.1) is 11.8 Å². The zero-order valence-corrected chi connectivity index (χ0v) is 18.6. The molecule has 31 heavy (non-hydrogen) atoms. The molecule has 0 aromatic carbocycles. The van der Waals surface area contributed by atoms with E-state index in [9.17, 15) is 24.0 Å². The number of hydrogen-bond acceptors (Lipinski definition) is 5. The molecule has 0 saturated carbocycles. The molecule has 2 aliphatic heterocycles. The van der Waals surface area contributed by atoms with Crippen LogP contribution >= 0.6 is 0 Å². The highest BCUT2D eigenvalue weighted by atomic mass is 16.2. The van der Waals surface area contributed by atoms with E-state index < -0.39 is 0 Å². The Hall–Kier alpha value is -2.65. The molecule has 0 aromatic rings. The minimum absolute atomic E-state index is 0.00206. The first-order valence-electron chi connectivity index (χ1n) is 11.1. The van der Waals surface area contributed by atoms with Gasteiger partial charge in [0, 0.05) is 66.1 Å². The fraction of sp³-hybridized carbons (Fsp3) is 0.762. The highest BCUT2D eigenvalue weighted by Crippen LogP contribution is 2.23. The molecular weight excluding hydrogens is 402 g/mol. The molecule has 174 valence electrons. The van der Waals surface area contributed by atoms with Crippen LogP contribution in [-0.4, -0.2) is 85.7 Å². The van der Waals surface area contributed by atoms with Crippen LogP contribution in [0.15, 0.2) is 0 Å². The summed E-state index contributed by atoms with van der Waals surface area (Å²) in [5.74, 6) is -1.01. The summed E-state index contributed by atoms with van der Waals surface area (Å²) >= 11 is 0. The fourth-order valence-corrected chi connectivity index (χ4v) is 4.13. The molecule has 0 bridgehead atoms. The minimum Gasteiger partial charge on any atom is -0.359 e. The molecule has 0 unspecified atom stereocenters. The third kappa shape index (κ3) is 7.84. The Bertz CT molecular complexity index is 683. The second-order valence-corrected chi connectivity index (χ2v) is 8.25. The molecular formula is C21H35N5O5. The monoisotopic (exact) mass is 437 g/mol. The van der Waals surface area contributed by atoms with Crippen molar-refractivity contribution in [3.05, 3.63) is 0 Å². The second kappa shape index (κ2) is 12.3. The average molecular weight is 438 g/mol. The summed E-state index contributed by atoms with van der Waals surface area (Å²) in [6, 6.07) is 0. The third-order valence-electron chi connectivity index (χ3n) is 5.87. The Kier molecular flexibility index (Phi) is 9.74. The summed E-state index contributed by atoms with van der Waals surface area (Å²) in [6.07, 6.45) is 3.42. The van der Waals surface area contributed by atoms with E-state index in [0.717, 1.165) is 19.3 Å². The van der Waals surface area contributed by atoms with Crippen molar-refractivity contribution >= 4 is 29.5 Å². The van der Waals surface area contributed by atoms with Crippen molar-refractivity contribution in [2.45, 2.75) is 45.4 Å². The second-order valence-electron chi connectivity index (χ2n) is 8.25. The molecule has 0 aromatic heterocycles. The first-order valence-corrected chi connectivity index (χ1v) is 11.1. The van der Waals surface area contributed by atoms with Crippen LogP contribution in [0.5, 0.6) is 0 Å². The van der Waals surface area contributed by atoms with Crippen molar-refractivity contribution in [1.29, 1.82) is 0 Å². The number of nitrogens with one attached hydrogen (secondary N) is 3. The van der Waals surface area contributed by atoms with E-state index in [1.54, 1.807) is 16.8 Å². The molecule has 3 N–H and O–H groups in total. The van der Waals surface area contributed by atoms with E-state index in [1.165, 1.54) is 6.92 Å². The lowest BCUT2D eigenvalue weighted by molar-refractivity contribution is -0.143. The molecule has 2 heterocycles. The third-order valence-corrected chi connectivity index (χ3v) is 5.87. The van der Waals surface area contributed by atoms with Gasteiger partial charge in [-0.05, 0) is 25.7 Å². The summed E-state index contributed by atoms with van der Waals surface area (Å²) < 4.78 is 0. The maximum absolute atomic E-state index is 13.1. The highest BCUT2D eigenvalue weighted by molar-refractivity contribution is 5.84. The fourth-order valence-electron chi connectivity index (χ4n) is 4.13. The molecule has 2 aliphatic rings. The molecule has 5 amide bonds. The standard InChI is InChI=1S/C21H35N5O5/c1-15(27)23-10-8-19(29)25-11-4-6-17(14-25)21(31)26-12-3-5-16(13-26)20(30)24-9-7-18(28)22-2/h16-17H,3-14H2,1-2H3,(H,22,28)(H,23,27)(H,24,30)/t16-,17+/m0/s1. The van der Waals surface area contributed by atoms with Crippen molar-refractivity contribution in [2.24, 2.45) is 11.8 Å². The van der Waals surface area contributed by atoms with Gasteiger partial charge in [-0.1, -0.05) is 0 Å². The number of likely N-dealkylation sites (tertiary alicyclic amines) is 2. The lowest BCUT2D eigenvalue weighted by atomic mass is 9.92. The largest absolute Gasteiger partial charge is 0.359 e. The van der Waals surface area contributed by atoms with Crippen LogP contribution < -0.4 is 16.0 Å². The molecule has 10 nitrogen and oxygen atoms in total. The lowest BCUT2D eigenvalue weighted by Gasteiger charge is -2.38. The molecule has 10 heteroatoms. The van der Waals surface area contributed by atoms with Gasteiger partial charge in [0.2, 0.25) is 29.5 Å². The average Bonchev–Trinajstić information content (AvgIpc) is 2.78. The number of carbonyl (C=O) groups is 5. The Morgan fingerprint density at radius 3 is 2.13 bits per heavy atom. The van der Waals surface area contributed by atoms with Crippen molar-refractivity contribution in [2.75, 3.05) is 46.3 Å². The number of hydrogen-bond donors (Lipinski definition) is 3. The van der Waals surface area contributed by atoms with E-state index in [1.807, 2.05) is 0 Å². The molecule has 0 aliphatic carbocycles. The maximum atomic E-state index is 13.1. The van der Waals surface area contributed by atoms with E-state index in [4.69, 9.17) is 0 Å². The van der Waals surface area contributed by atoms with Crippen molar-refractivity contribution < 1.29 is 24.0 Å².